The number of carboxylic acid groups (broad SMARTS) is 3. The Morgan fingerprint density at radius 2 is 1.43 bits per heavy atom. The summed E-state index contributed by atoms with van der Waals surface area (Å²) in [6.45, 7) is 0. The van der Waals surface area contributed by atoms with Crippen molar-refractivity contribution in [3.8, 4) is 0 Å². The Kier molecular flexibility index (Phi) is 3.80. The second kappa shape index (κ2) is 5.34. The van der Waals surface area contributed by atoms with Crippen molar-refractivity contribution in [1.29, 1.82) is 0 Å². The second-order valence-electron chi connectivity index (χ2n) is 4.45. The van der Waals surface area contributed by atoms with E-state index < -0.39 is 49.4 Å². The summed E-state index contributed by atoms with van der Waals surface area (Å²) in [5, 5.41) is 26.5. The molecular weight excluding hydrogens is 332 g/mol. The van der Waals surface area contributed by atoms with Crippen molar-refractivity contribution < 1.29 is 42.7 Å². The predicted octanol–water partition coefficient (Wildman–Crippen LogP) is 1.18. The predicted molar refractivity (Wildman–Crippen MR) is 74.6 cm³/mol. The summed E-state index contributed by atoms with van der Waals surface area (Å²) >= 11 is 0. The Labute approximate surface area is 128 Å². The van der Waals surface area contributed by atoms with Gasteiger partial charge in [0, 0.05) is 5.39 Å². The standard InChI is InChI=1S/C13H8O9S/c14-11(15)5-1-2-6-7(3-5)10(13(18)19)8(12(16)17)4-9(6)23(20,21)22/h1-4H,(H,14,15)(H,16,17)(H,18,19)(H,20,21,22). The molecular formula is C13H8O9S. The number of fused-ring (bicyclic) bond motifs is 1. The summed E-state index contributed by atoms with van der Waals surface area (Å²) in [6, 6.07) is 3.34. The maximum absolute atomic E-state index is 11.4. The molecule has 0 aliphatic carbocycles. The minimum Gasteiger partial charge on any atom is -0.478 e. The van der Waals surface area contributed by atoms with Gasteiger partial charge in [-0.2, -0.15) is 8.42 Å². The Morgan fingerprint density at radius 3 is 1.87 bits per heavy atom. The maximum atomic E-state index is 11.4. The summed E-state index contributed by atoms with van der Waals surface area (Å²) in [5.74, 6) is -4.84. The molecule has 2 rings (SSSR count). The van der Waals surface area contributed by atoms with Crippen molar-refractivity contribution in [2.75, 3.05) is 0 Å². The van der Waals surface area contributed by atoms with Crippen LogP contribution in [0.5, 0.6) is 0 Å². The zero-order valence-electron chi connectivity index (χ0n) is 11.0. The lowest BCUT2D eigenvalue weighted by Gasteiger charge is -2.11. The third kappa shape index (κ3) is 2.84. The number of hydrogen-bond acceptors (Lipinski definition) is 5. The highest BCUT2D eigenvalue weighted by Crippen LogP contribution is 2.30. The zero-order chi connectivity index (χ0) is 17.5. The minimum absolute atomic E-state index is 0.306. The molecule has 0 heterocycles. The number of carbonyl (C=O) groups is 3. The van der Waals surface area contributed by atoms with E-state index >= 15 is 0 Å². The van der Waals surface area contributed by atoms with Gasteiger partial charge in [0.2, 0.25) is 0 Å². The van der Waals surface area contributed by atoms with E-state index in [4.69, 9.17) is 10.2 Å². The molecule has 10 heteroatoms. The third-order valence-electron chi connectivity index (χ3n) is 3.07. The molecule has 9 nitrogen and oxygen atoms in total. The first kappa shape index (κ1) is 16.4. The molecule has 0 atom stereocenters. The molecule has 4 N–H and O–H groups in total. The minimum atomic E-state index is -4.86. The quantitative estimate of drug-likeness (QED) is 0.597. The van der Waals surface area contributed by atoms with Gasteiger partial charge in [0.05, 0.1) is 16.7 Å². The number of hydrogen-bond donors (Lipinski definition) is 4. The van der Waals surface area contributed by atoms with Crippen molar-refractivity contribution in [3.05, 3.63) is 41.0 Å². The number of rotatable bonds is 4. The number of benzene rings is 2. The SMILES string of the molecule is O=C(O)c1ccc2c(S(=O)(=O)O)cc(C(=O)O)c(C(=O)O)c2c1. The molecule has 0 aliphatic rings. The summed E-state index contributed by atoms with van der Waals surface area (Å²) in [6.07, 6.45) is 0. The van der Waals surface area contributed by atoms with Crippen LogP contribution in [-0.2, 0) is 10.1 Å². The molecule has 23 heavy (non-hydrogen) atoms. The average Bonchev–Trinajstić information content (AvgIpc) is 2.42. The highest BCUT2D eigenvalue weighted by atomic mass is 32.2. The molecule has 0 aliphatic heterocycles. The van der Waals surface area contributed by atoms with Gasteiger partial charge in [-0.3, -0.25) is 4.55 Å². The largest absolute Gasteiger partial charge is 0.478 e. The van der Waals surface area contributed by atoms with Crippen molar-refractivity contribution in [1.82, 2.24) is 0 Å². The lowest BCUT2D eigenvalue weighted by molar-refractivity contribution is 0.0653. The highest BCUT2D eigenvalue weighted by Gasteiger charge is 2.26. The summed E-state index contributed by atoms with van der Waals surface area (Å²) < 4.78 is 32.1. The first-order chi connectivity index (χ1) is 10.5. The average molecular weight is 340 g/mol. The van der Waals surface area contributed by atoms with Gasteiger partial charge in [-0.05, 0) is 23.6 Å². The fraction of sp³-hybridized carbons (Fsp3) is 0. The molecule has 0 spiro atoms. The van der Waals surface area contributed by atoms with Gasteiger partial charge in [0.25, 0.3) is 10.1 Å². The lowest BCUT2D eigenvalue weighted by atomic mass is 9.97. The molecule has 0 bridgehead atoms. The third-order valence-corrected chi connectivity index (χ3v) is 3.96. The Bertz CT molecular complexity index is 973. The molecule has 0 amide bonds. The summed E-state index contributed by atoms with van der Waals surface area (Å²) in [5.41, 5.74) is -2.04. The Hall–Kier alpha value is -2.98. The van der Waals surface area contributed by atoms with Gasteiger partial charge in [0.15, 0.2) is 0 Å². The van der Waals surface area contributed by atoms with E-state index in [1.54, 1.807) is 0 Å². The van der Waals surface area contributed by atoms with Crippen molar-refractivity contribution in [3.63, 3.8) is 0 Å². The van der Waals surface area contributed by atoms with Crippen LogP contribution < -0.4 is 0 Å². The molecule has 120 valence electrons. The van der Waals surface area contributed by atoms with E-state index in [0.29, 0.717) is 6.07 Å². The smallest absolute Gasteiger partial charge is 0.337 e. The number of aromatic carboxylic acids is 3. The van der Waals surface area contributed by atoms with Crippen LogP contribution in [0.4, 0.5) is 0 Å². The Morgan fingerprint density at radius 1 is 0.826 bits per heavy atom. The Balaban J connectivity index is 3.14. The zero-order valence-corrected chi connectivity index (χ0v) is 11.9. The molecule has 0 fully saturated rings. The van der Waals surface area contributed by atoms with Crippen LogP contribution in [0.25, 0.3) is 10.8 Å². The highest BCUT2D eigenvalue weighted by molar-refractivity contribution is 7.86. The topological polar surface area (TPSA) is 166 Å². The molecule has 0 unspecified atom stereocenters. The van der Waals surface area contributed by atoms with E-state index in [-0.39, 0.29) is 10.9 Å². The van der Waals surface area contributed by atoms with E-state index in [2.05, 4.69) is 0 Å². The van der Waals surface area contributed by atoms with Crippen molar-refractivity contribution in [2.24, 2.45) is 0 Å². The molecule has 0 radical (unpaired) electrons. The van der Waals surface area contributed by atoms with Crippen LogP contribution in [-0.4, -0.2) is 46.2 Å². The van der Waals surface area contributed by atoms with E-state index in [9.17, 15) is 32.5 Å². The van der Waals surface area contributed by atoms with Crippen LogP contribution >= 0.6 is 0 Å². The van der Waals surface area contributed by atoms with Crippen LogP contribution in [0, 0.1) is 0 Å². The van der Waals surface area contributed by atoms with Crippen LogP contribution in [0.3, 0.4) is 0 Å². The van der Waals surface area contributed by atoms with Crippen LogP contribution in [0.1, 0.15) is 31.1 Å². The monoisotopic (exact) mass is 340 g/mol. The van der Waals surface area contributed by atoms with Gasteiger partial charge in [-0.1, -0.05) is 6.07 Å². The van der Waals surface area contributed by atoms with Crippen LogP contribution in [0.2, 0.25) is 0 Å². The van der Waals surface area contributed by atoms with Gasteiger partial charge in [-0.25, -0.2) is 14.4 Å². The molecule has 0 saturated heterocycles. The fourth-order valence-electron chi connectivity index (χ4n) is 2.14. The summed E-state index contributed by atoms with van der Waals surface area (Å²) in [4.78, 5) is 32.7. The van der Waals surface area contributed by atoms with E-state index in [1.807, 2.05) is 0 Å². The van der Waals surface area contributed by atoms with Crippen LogP contribution in [0.15, 0.2) is 29.2 Å². The van der Waals surface area contributed by atoms with E-state index in [0.717, 1.165) is 18.2 Å². The number of carboxylic acids is 3. The van der Waals surface area contributed by atoms with E-state index in [1.165, 1.54) is 0 Å². The van der Waals surface area contributed by atoms with Gasteiger partial charge < -0.3 is 15.3 Å². The van der Waals surface area contributed by atoms with Gasteiger partial charge in [-0.15, -0.1) is 0 Å². The molecule has 0 saturated carbocycles. The van der Waals surface area contributed by atoms with Crippen molar-refractivity contribution >= 4 is 38.8 Å². The molecule has 0 aromatic heterocycles. The fourth-order valence-corrected chi connectivity index (χ4v) is 2.86. The molecule has 2 aromatic carbocycles. The van der Waals surface area contributed by atoms with Crippen molar-refractivity contribution in [2.45, 2.75) is 4.90 Å². The summed E-state index contributed by atoms with van der Waals surface area (Å²) in [7, 11) is -4.86. The second-order valence-corrected chi connectivity index (χ2v) is 5.84. The van der Waals surface area contributed by atoms with Gasteiger partial charge >= 0.3 is 17.9 Å². The molecule has 2 aromatic rings. The normalized spacial score (nSPS) is 11.3. The van der Waals surface area contributed by atoms with Gasteiger partial charge in [0.1, 0.15) is 4.90 Å². The maximum Gasteiger partial charge on any atom is 0.337 e. The lowest BCUT2D eigenvalue weighted by Crippen LogP contribution is -2.12. The first-order valence-electron chi connectivity index (χ1n) is 5.82. The first-order valence-corrected chi connectivity index (χ1v) is 7.26.